The van der Waals surface area contributed by atoms with Gasteiger partial charge in [0.1, 0.15) is 0 Å². The molecular weight excluding hydrogens is 294 g/mol. The number of rotatable bonds is 5. The molecule has 1 saturated heterocycles. The standard InChI is InChI=1S/C18H19NO2S/c1-2-18(12-21-13-18)17(20)19-15-10-6-7-11-16(15)22-14-8-4-3-5-9-14/h3-11H,2,12-13H2,1H3,(H,19,20). The molecule has 1 fully saturated rings. The Bertz CT molecular complexity index is 648. The molecule has 0 saturated carbocycles. The molecule has 0 atom stereocenters. The highest BCUT2D eigenvalue weighted by atomic mass is 32.2. The molecule has 22 heavy (non-hydrogen) atoms. The molecule has 0 aliphatic carbocycles. The van der Waals surface area contributed by atoms with Gasteiger partial charge in [0, 0.05) is 9.79 Å². The van der Waals surface area contributed by atoms with Gasteiger partial charge in [-0.1, -0.05) is 49.0 Å². The molecule has 1 heterocycles. The summed E-state index contributed by atoms with van der Waals surface area (Å²) in [6, 6.07) is 18.1. The average Bonchev–Trinajstić information content (AvgIpc) is 2.50. The summed E-state index contributed by atoms with van der Waals surface area (Å²) in [4.78, 5) is 14.8. The third-order valence-electron chi connectivity index (χ3n) is 4.02. The van der Waals surface area contributed by atoms with E-state index in [1.807, 2.05) is 49.4 Å². The molecule has 1 amide bonds. The number of ether oxygens (including phenoxy) is 1. The summed E-state index contributed by atoms with van der Waals surface area (Å²) in [5.74, 6) is 0.0577. The molecule has 4 heteroatoms. The number of carbonyl (C=O) groups excluding carboxylic acids is 1. The number of benzene rings is 2. The van der Waals surface area contributed by atoms with Gasteiger partial charge >= 0.3 is 0 Å². The molecule has 0 bridgehead atoms. The maximum atomic E-state index is 12.6. The van der Waals surface area contributed by atoms with Crippen LogP contribution in [0.4, 0.5) is 5.69 Å². The van der Waals surface area contributed by atoms with Gasteiger partial charge in [0.05, 0.1) is 24.3 Å². The number of carbonyl (C=O) groups is 1. The zero-order valence-electron chi connectivity index (χ0n) is 12.5. The van der Waals surface area contributed by atoms with E-state index in [-0.39, 0.29) is 11.3 Å². The van der Waals surface area contributed by atoms with Crippen LogP contribution < -0.4 is 5.32 Å². The largest absolute Gasteiger partial charge is 0.379 e. The first-order valence-electron chi connectivity index (χ1n) is 7.45. The summed E-state index contributed by atoms with van der Waals surface area (Å²) >= 11 is 1.65. The van der Waals surface area contributed by atoms with Crippen molar-refractivity contribution in [1.82, 2.24) is 0 Å². The second kappa shape index (κ2) is 6.55. The lowest BCUT2D eigenvalue weighted by molar-refractivity contribution is -0.156. The van der Waals surface area contributed by atoms with Crippen LogP contribution in [0, 0.1) is 5.41 Å². The molecule has 3 nitrogen and oxygen atoms in total. The van der Waals surface area contributed by atoms with Crippen molar-refractivity contribution >= 4 is 23.4 Å². The number of amides is 1. The van der Waals surface area contributed by atoms with E-state index in [9.17, 15) is 4.79 Å². The number of nitrogens with one attached hydrogen (secondary N) is 1. The molecule has 1 aliphatic heterocycles. The number of anilines is 1. The van der Waals surface area contributed by atoms with Gasteiger partial charge < -0.3 is 10.1 Å². The summed E-state index contributed by atoms with van der Waals surface area (Å²) < 4.78 is 5.25. The van der Waals surface area contributed by atoms with Gasteiger partial charge in [-0.15, -0.1) is 0 Å². The van der Waals surface area contributed by atoms with Crippen molar-refractivity contribution in [2.24, 2.45) is 5.41 Å². The quantitative estimate of drug-likeness (QED) is 0.899. The van der Waals surface area contributed by atoms with E-state index in [1.165, 1.54) is 0 Å². The minimum absolute atomic E-state index is 0.0577. The van der Waals surface area contributed by atoms with Crippen molar-refractivity contribution < 1.29 is 9.53 Å². The second-order valence-electron chi connectivity index (χ2n) is 5.49. The zero-order chi connectivity index (χ0) is 15.4. The molecule has 2 aromatic rings. The van der Waals surface area contributed by atoms with Crippen LogP contribution in [0.1, 0.15) is 13.3 Å². The van der Waals surface area contributed by atoms with Crippen LogP contribution in [0.3, 0.4) is 0 Å². The molecule has 114 valence electrons. The summed E-state index contributed by atoms with van der Waals surface area (Å²) in [5.41, 5.74) is 0.505. The molecule has 1 N–H and O–H groups in total. The van der Waals surface area contributed by atoms with E-state index in [0.717, 1.165) is 21.9 Å². The predicted molar refractivity (Wildman–Crippen MR) is 89.2 cm³/mol. The fraction of sp³-hybridized carbons (Fsp3) is 0.278. The fourth-order valence-electron chi connectivity index (χ4n) is 2.37. The Hall–Kier alpha value is -1.78. The smallest absolute Gasteiger partial charge is 0.235 e. The minimum Gasteiger partial charge on any atom is -0.379 e. The van der Waals surface area contributed by atoms with Crippen LogP contribution in [0.25, 0.3) is 0 Å². The maximum absolute atomic E-state index is 12.6. The minimum atomic E-state index is -0.357. The van der Waals surface area contributed by atoms with Crippen molar-refractivity contribution in [1.29, 1.82) is 0 Å². The van der Waals surface area contributed by atoms with Crippen LogP contribution in [0.15, 0.2) is 64.4 Å². The van der Waals surface area contributed by atoms with Gasteiger partial charge in [-0.05, 0) is 30.7 Å². The monoisotopic (exact) mass is 313 g/mol. The van der Waals surface area contributed by atoms with Crippen LogP contribution >= 0.6 is 11.8 Å². The molecule has 0 radical (unpaired) electrons. The summed E-state index contributed by atoms with van der Waals surface area (Å²) in [5, 5.41) is 3.08. The van der Waals surface area contributed by atoms with Crippen LogP contribution in [-0.2, 0) is 9.53 Å². The lowest BCUT2D eigenvalue weighted by atomic mass is 9.82. The molecule has 2 aromatic carbocycles. The van der Waals surface area contributed by atoms with Crippen molar-refractivity contribution in [3.63, 3.8) is 0 Å². The third-order valence-corrected chi connectivity index (χ3v) is 5.11. The van der Waals surface area contributed by atoms with E-state index in [0.29, 0.717) is 13.2 Å². The Morgan fingerprint density at radius 1 is 1.14 bits per heavy atom. The molecule has 0 unspecified atom stereocenters. The van der Waals surface area contributed by atoms with Gasteiger partial charge in [0.2, 0.25) is 5.91 Å². The Labute approximate surface area is 135 Å². The Balaban J connectivity index is 1.78. The zero-order valence-corrected chi connectivity index (χ0v) is 13.4. The maximum Gasteiger partial charge on any atom is 0.235 e. The molecule has 1 aliphatic rings. The van der Waals surface area contributed by atoms with E-state index >= 15 is 0 Å². The van der Waals surface area contributed by atoms with Crippen LogP contribution in [0.5, 0.6) is 0 Å². The SMILES string of the molecule is CCC1(C(=O)Nc2ccccc2Sc2ccccc2)COC1. The van der Waals surface area contributed by atoms with E-state index < -0.39 is 0 Å². The number of para-hydroxylation sites is 1. The Kier molecular flexibility index (Phi) is 4.50. The first kappa shape index (κ1) is 15.1. The Morgan fingerprint density at radius 2 is 1.82 bits per heavy atom. The topological polar surface area (TPSA) is 38.3 Å². The average molecular weight is 313 g/mol. The van der Waals surface area contributed by atoms with Crippen molar-refractivity contribution in [3.8, 4) is 0 Å². The highest BCUT2D eigenvalue weighted by Crippen LogP contribution is 2.36. The van der Waals surface area contributed by atoms with Gasteiger partial charge in [0.15, 0.2) is 0 Å². The lowest BCUT2D eigenvalue weighted by Gasteiger charge is -2.39. The fourth-order valence-corrected chi connectivity index (χ4v) is 3.30. The summed E-state index contributed by atoms with van der Waals surface area (Å²) in [6.07, 6.45) is 0.798. The molecule has 0 aromatic heterocycles. The predicted octanol–water partition coefficient (Wildman–Crippen LogP) is 4.20. The van der Waals surface area contributed by atoms with E-state index in [2.05, 4.69) is 17.4 Å². The first-order valence-corrected chi connectivity index (χ1v) is 8.26. The normalized spacial score (nSPS) is 15.9. The lowest BCUT2D eigenvalue weighted by Crippen LogP contribution is -2.51. The summed E-state index contributed by atoms with van der Waals surface area (Å²) in [6.45, 7) is 3.07. The third kappa shape index (κ3) is 3.03. The van der Waals surface area contributed by atoms with Gasteiger partial charge in [-0.2, -0.15) is 0 Å². The van der Waals surface area contributed by atoms with Crippen LogP contribution in [-0.4, -0.2) is 19.1 Å². The van der Waals surface area contributed by atoms with Crippen LogP contribution in [0.2, 0.25) is 0 Å². The van der Waals surface area contributed by atoms with Gasteiger partial charge in [0.25, 0.3) is 0 Å². The van der Waals surface area contributed by atoms with Gasteiger partial charge in [-0.3, -0.25) is 4.79 Å². The highest BCUT2D eigenvalue weighted by molar-refractivity contribution is 7.99. The highest BCUT2D eigenvalue weighted by Gasteiger charge is 2.44. The van der Waals surface area contributed by atoms with E-state index in [1.54, 1.807) is 11.8 Å². The molecule has 0 spiro atoms. The van der Waals surface area contributed by atoms with Gasteiger partial charge in [-0.25, -0.2) is 0 Å². The molecule has 3 rings (SSSR count). The first-order chi connectivity index (χ1) is 10.7. The molecular formula is C18H19NO2S. The van der Waals surface area contributed by atoms with Crippen molar-refractivity contribution in [2.75, 3.05) is 18.5 Å². The van der Waals surface area contributed by atoms with Crippen molar-refractivity contribution in [3.05, 3.63) is 54.6 Å². The Morgan fingerprint density at radius 3 is 2.45 bits per heavy atom. The van der Waals surface area contributed by atoms with Crippen molar-refractivity contribution in [2.45, 2.75) is 23.1 Å². The number of hydrogen-bond acceptors (Lipinski definition) is 3. The van der Waals surface area contributed by atoms with E-state index in [4.69, 9.17) is 4.74 Å². The summed E-state index contributed by atoms with van der Waals surface area (Å²) in [7, 11) is 0. The second-order valence-corrected chi connectivity index (χ2v) is 6.61. The number of hydrogen-bond donors (Lipinski definition) is 1.